The second kappa shape index (κ2) is 7.37. The summed E-state index contributed by atoms with van der Waals surface area (Å²) in [6, 6.07) is 0. The Labute approximate surface area is 147 Å². The van der Waals surface area contributed by atoms with E-state index in [0.717, 1.165) is 18.3 Å². The van der Waals surface area contributed by atoms with Gasteiger partial charge in [-0.1, -0.05) is 13.8 Å². The van der Waals surface area contributed by atoms with Gasteiger partial charge in [-0.15, -0.1) is 0 Å². The van der Waals surface area contributed by atoms with Crippen LogP contribution in [0, 0.1) is 17.8 Å². The molecule has 0 bridgehead atoms. The minimum atomic E-state index is -0.399. The molecule has 1 aliphatic rings. The van der Waals surface area contributed by atoms with Crippen LogP contribution in [0.25, 0.3) is 11.0 Å². The Morgan fingerprint density at radius 1 is 1.28 bits per heavy atom. The van der Waals surface area contributed by atoms with Crippen molar-refractivity contribution in [3.05, 3.63) is 22.9 Å². The summed E-state index contributed by atoms with van der Waals surface area (Å²) >= 11 is 0. The van der Waals surface area contributed by atoms with Gasteiger partial charge in [0.2, 0.25) is 0 Å². The van der Waals surface area contributed by atoms with Crippen LogP contribution in [-0.4, -0.2) is 31.9 Å². The summed E-state index contributed by atoms with van der Waals surface area (Å²) in [5.74, 6) is 1.73. The average Bonchev–Trinajstić information content (AvgIpc) is 2.91. The number of aromatic nitrogens is 4. The molecule has 3 atom stereocenters. The summed E-state index contributed by atoms with van der Waals surface area (Å²) in [5.41, 5.74) is 0.236. The minimum Gasteiger partial charge on any atom is -0.464 e. The van der Waals surface area contributed by atoms with E-state index in [0.29, 0.717) is 23.6 Å². The molecule has 0 saturated heterocycles. The molecule has 0 amide bonds. The molecular formula is C18H26N4O3. The Kier molecular flexibility index (Phi) is 5.20. The third kappa shape index (κ3) is 4.08. The zero-order valence-corrected chi connectivity index (χ0v) is 15.1. The molecule has 136 valence electrons. The topological polar surface area (TPSA) is 79.0 Å². The van der Waals surface area contributed by atoms with Crippen molar-refractivity contribution in [1.82, 2.24) is 19.3 Å². The third-order valence-electron chi connectivity index (χ3n) is 5.08. The van der Waals surface area contributed by atoms with Gasteiger partial charge in [0.25, 0.3) is 5.56 Å². The Balaban J connectivity index is 1.53. The molecule has 1 fully saturated rings. The van der Waals surface area contributed by atoms with Crippen LogP contribution in [0.4, 0.5) is 0 Å². The molecule has 7 heteroatoms. The van der Waals surface area contributed by atoms with Crippen LogP contribution in [0.3, 0.4) is 0 Å². The lowest BCUT2D eigenvalue weighted by Crippen LogP contribution is -2.26. The molecule has 0 aliphatic heterocycles. The van der Waals surface area contributed by atoms with Crippen LogP contribution in [0.2, 0.25) is 0 Å². The van der Waals surface area contributed by atoms with Gasteiger partial charge >= 0.3 is 5.97 Å². The fraction of sp³-hybridized carbons (Fsp3) is 0.667. The number of fused-ring (bicyclic) bond motifs is 1. The predicted octanol–water partition coefficient (Wildman–Crippen LogP) is 2.14. The fourth-order valence-corrected chi connectivity index (χ4v) is 4.05. The van der Waals surface area contributed by atoms with Crippen LogP contribution in [-0.2, 0) is 23.1 Å². The van der Waals surface area contributed by atoms with Gasteiger partial charge in [-0.25, -0.2) is 4.98 Å². The van der Waals surface area contributed by atoms with Gasteiger partial charge in [0, 0.05) is 7.05 Å². The normalized spacial score (nSPS) is 23.7. The molecule has 2 aromatic heterocycles. The third-order valence-corrected chi connectivity index (χ3v) is 5.08. The van der Waals surface area contributed by atoms with Gasteiger partial charge in [0.1, 0.15) is 18.3 Å². The van der Waals surface area contributed by atoms with E-state index >= 15 is 0 Å². The fourth-order valence-electron chi connectivity index (χ4n) is 4.05. The van der Waals surface area contributed by atoms with Gasteiger partial charge in [0.15, 0.2) is 5.65 Å². The molecule has 0 aromatic carbocycles. The molecule has 1 saturated carbocycles. The van der Waals surface area contributed by atoms with E-state index in [4.69, 9.17) is 4.74 Å². The average molecular weight is 346 g/mol. The zero-order valence-electron chi connectivity index (χ0n) is 15.1. The first-order valence-corrected chi connectivity index (χ1v) is 8.96. The number of nitrogens with zero attached hydrogens (tertiary/aromatic N) is 4. The zero-order chi connectivity index (χ0) is 18.0. The number of rotatable bonds is 5. The molecule has 25 heavy (non-hydrogen) atoms. The summed E-state index contributed by atoms with van der Waals surface area (Å²) in [6.45, 7) is 4.89. The maximum Gasteiger partial charge on any atom is 0.326 e. The van der Waals surface area contributed by atoms with Gasteiger partial charge in [-0.2, -0.15) is 5.10 Å². The SMILES string of the molecule is C[C@@H]1CC(CCOC(=O)Cn2cnc3c(cnn3C)c2=O)C[C@H](C)C1. The summed E-state index contributed by atoms with van der Waals surface area (Å²) in [7, 11) is 1.72. The largest absolute Gasteiger partial charge is 0.464 e. The number of hydrogen-bond acceptors (Lipinski definition) is 5. The van der Waals surface area contributed by atoms with E-state index < -0.39 is 5.97 Å². The summed E-state index contributed by atoms with van der Waals surface area (Å²) in [4.78, 5) is 28.6. The van der Waals surface area contributed by atoms with E-state index in [1.54, 1.807) is 7.05 Å². The Bertz CT molecular complexity index is 800. The van der Waals surface area contributed by atoms with Crippen LogP contribution >= 0.6 is 0 Å². The van der Waals surface area contributed by atoms with Crippen molar-refractivity contribution < 1.29 is 9.53 Å². The van der Waals surface area contributed by atoms with Crippen molar-refractivity contribution in [1.29, 1.82) is 0 Å². The van der Waals surface area contributed by atoms with E-state index in [-0.39, 0.29) is 12.1 Å². The first kappa shape index (κ1) is 17.6. The Morgan fingerprint density at radius 3 is 2.72 bits per heavy atom. The van der Waals surface area contributed by atoms with E-state index in [1.807, 2.05) is 0 Å². The van der Waals surface area contributed by atoms with Crippen molar-refractivity contribution in [2.45, 2.75) is 46.1 Å². The number of hydrogen-bond donors (Lipinski definition) is 0. The van der Waals surface area contributed by atoms with Gasteiger partial charge in [0.05, 0.1) is 12.8 Å². The first-order chi connectivity index (χ1) is 11.9. The highest BCUT2D eigenvalue weighted by Crippen LogP contribution is 2.34. The van der Waals surface area contributed by atoms with Crippen LogP contribution in [0.15, 0.2) is 17.3 Å². The quantitative estimate of drug-likeness (QED) is 0.775. The van der Waals surface area contributed by atoms with E-state index in [1.165, 1.54) is 41.0 Å². The van der Waals surface area contributed by atoms with Crippen LogP contribution in [0.5, 0.6) is 0 Å². The number of esters is 1. The minimum absolute atomic E-state index is 0.117. The standard InChI is InChI=1S/C18H26N4O3/c1-12-6-13(2)8-14(7-12)4-5-25-16(23)10-22-11-19-17-15(18(22)24)9-20-21(17)3/h9,11-14H,4-8,10H2,1-3H3/t12-,13+,14?. The molecule has 3 rings (SSSR count). The molecule has 7 nitrogen and oxygen atoms in total. The van der Waals surface area contributed by atoms with Crippen molar-refractivity contribution in [3.63, 3.8) is 0 Å². The number of carbonyl (C=O) groups excluding carboxylic acids is 1. The molecule has 2 heterocycles. The van der Waals surface area contributed by atoms with Crippen molar-refractivity contribution in [2.24, 2.45) is 24.8 Å². The summed E-state index contributed by atoms with van der Waals surface area (Å²) < 4.78 is 8.15. The summed E-state index contributed by atoms with van der Waals surface area (Å²) in [6.07, 6.45) is 7.46. The van der Waals surface area contributed by atoms with Gasteiger partial charge in [-0.3, -0.25) is 18.8 Å². The maximum absolute atomic E-state index is 12.3. The Morgan fingerprint density at radius 2 is 2.00 bits per heavy atom. The number of ether oxygens (including phenoxy) is 1. The van der Waals surface area contributed by atoms with Crippen molar-refractivity contribution in [2.75, 3.05) is 6.61 Å². The molecule has 1 unspecified atom stereocenters. The number of carbonyl (C=O) groups is 1. The molecule has 1 aliphatic carbocycles. The molecule has 0 spiro atoms. The lowest BCUT2D eigenvalue weighted by Gasteiger charge is -2.31. The van der Waals surface area contributed by atoms with Gasteiger partial charge in [-0.05, 0) is 43.4 Å². The lowest BCUT2D eigenvalue weighted by molar-refractivity contribution is -0.144. The number of aryl methyl sites for hydroxylation is 1. The highest BCUT2D eigenvalue weighted by Gasteiger charge is 2.24. The molecule has 0 radical (unpaired) electrons. The highest BCUT2D eigenvalue weighted by molar-refractivity contribution is 5.74. The van der Waals surface area contributed by atoms with Crippen molar-refractivity contribution >= 4 is 17.0 Å². The lowest BCUT2D eigenvalue weighted by atomic mass is 9.75. The predicted molar refractivity (Wildman–Crippen MR) is 94.0 cm³/mol. The molecule has 2 aromatic rings. The second-order valence-electron chi connectivity index (χ2n) is 7.48. The van der Waals surface area contributed by atoms with Crippen LogP contribution < -0.4 is 5.56 Å². The van der Waals surface area contributed by atoms with E-state index in [9.17, 15) is 9.59 Å². The molecule has 0 N–H and O–H groups in total. The van der Waals surface area contributed by atoms with Gasteiger partial charge < -0.3 is 4.74 Å². The first-order valence-electron chi connectivity index (χ1n) is 8.96. The second-order valence-corrected chi connectivity index (χ2v) is 7.48. The smallest absolute Gasteiger partial charge is 0.326 e. The van der Waals surface area contributed by atoms with Crippen LogP contribution in [0.1, 0.15) is 39.5 Å². The van der Waals surface area contributed by atoms with Crippen molar-refractivity contribution in [3.8, 4) is 0 Å². The van der Waals surface area contributed by atoms with E-state index in [2.05, 4.69) is 23.9 Å². The highest BCUT2D eigenvalue weighted by atomic mass is 16.5. The summed E-state index contributed by atoms with van der Waals surface area (Å²) in [5, 5.41) is 4.42. The Hall–Kier alpha value is -2.18. The molecular weight excluding hydrogens is 320 g/mol. The monoisotopic (exact) mass is 346 g/mol. The maximum atomic E-state index is 12.3.